The van der Waals surface area contributed by atoms with Crippen LogP contribution in [0.4, 0.5) is 0 Å². The summed E-state index contributed by atoms with van der Waals surface area (Å²) in [7, 11) is 0. The molecule has 0 aromatic rings. The third-order valence-electron chi connectivity index (χ3n) is 3.50. The second-order valence-electron chi connectivity index (χ2n) is 5.35. The summed E-state index contributed by atoms with van der Waals surface area (Å²) in [6, 6.07) is 0.605. The van der Waals surface area contributed by atoms with Crippen LogP contribution in [-0.2, 0) is 0 Å². The Kier molecular flexibility index (Phi) is 3.60. The van der Waals surface area contributed by atoms with Gasteiger partial charge in [0.15, 0.2) is 5.17 Å². The highest BCUT2D eigenvalue weighted by Crippen LogP contribution is 2.36. The molecule has 15 heavy (non-hydrogen) atoms. The number of thioether (sulfide) groups is 1. The molecule has 1 aliphatic heterocycles. The number of nitrogens with one attached hydrogen (secondary N) is 1. The highest BCUT2D eigenvalue weighted by Gasteiger charge is 2.27. The van der Waals surface area contributed by atoms with Crippen LogP contribution in [0.5, 0.6) is 0 Å². The van der Waals surface area contributed by atoms with Gasteiger partial charge in [-0.05, 0) is 25.2 Å². The van der Waals surface area contributed by atoms with E-state index in [-0.39, 0.29) is 0 Å². The molecule has 1 saturated heterocycles. The molecule has 86 valence electrons. The number of hydrogen-bond acceptors (Lipinski definition) is 2. The van der Waals surface area contributed by atoms with Gasteiger partial charge in [0.1, 0.15) is 0 Å². The molecule has 1 unspecified atom stereocenters. The van der Waals surface area contributed by atoms with E-state index >= 15 is 0 Å². The Balaban J connectivity index is 1.85. The fourth-order valence-corrected chi connectivity index (χ4v) is 3.35. The second-order valence-corrected chi connectivity index (χ2v) is 6.36. The zero-order valence-electron chi connectivity index (χ0n) is 9.88. The maximum atomic E-state index is 4.74. The molecule has 0 aromatic carbocycles. The van der Waals surface area contributed by atoms with E-state index in [0.29, 0.717) is 11.5 Å². The Hall–Kier alpha value is -0.180. The summed E-state index contributed by atoms with van der Waals surface area (Å²) in [5, 5.41) is 4.60. The first kappa shape index (κ1) is 11.3. The molecule has 2 fully saturated rings. The normalized spacial score (nSPS) is 32.9. The highest BCUT2D eigenvalue weighted by atomic mass is 32.2. The maximum absolute atomic E-state index is 4.74. The van der Waals surface area contributed by atoms with Gasteiger partial charge in [0.25, 0.3) is 0 Å². The van der Waals surface area contributed by atoms with Crippen LogP contribution in [0.1, 0.15) is 46.0 Å². The fourth-order valence-electron chi connectivity index (χ4n) is 2.42. The molecule has 1 heterocycles. The van der Waals surface area contributed by atoms with Crippen LogP contribution in [-0.4, -0.2) is 23.5 Å². The Bertz CT molecular complexity index is 244. The van der Waals surface area contributed by atoms with Gasteiger partial charge in [-0.3, -0.25) is 4.99 Å². The van der Waals surface area contributed by atoms with E-state index in [0.717, 1.165) is 6.54 Å². The number of rotatable bonds is 2. The first-order valence-electron chi connectivity index (χ1n) is 6.12. The van der Waals surface area contributed by atoms with Crippen LogP contribution in [0.25, 0.3) is 0 Å². The maximum Gasteiger partial charge on any atom is 0.156 e. The SMILES string of the molecule is CC1CSC(=NCC2(C)CCCCC2)N1. The van der Waals surface area contributed by atoms with E-state index in [1.54, 1.807) is 0 Å². The second kappa shape index (κ2) is 4.77. The van der Waals surface area contributed by atoms with Crippen molar-refractivity contribution in [2.24, 2.45) is 10.4 Å². The van der Waals surface area contributed by atoms with Crippen molar-refractivity contribution in [3.8, 4) is 0 Å². The van der Waals surface area contributed by atoms with Crippen molar-refractivity contribution >= 4 is 16.9 Å². The monoisotopic (exact) mass is 226 g/mol. The third-order valence-corrected chi connectivity index (χ3v) is 4.69. The molecule has 1 atom stereocenters. The highest BCUT2D eigenvalue weighted by molar-refractivity contribution is 8.14. The Morgan fingerprint density at radius 2 is 2.13 bits per heavy atom. The van der Waals surface area contributed by atoms with Crippen molar-refractivity contribution in [2.45, 2.75) is 52.0 Å². The van der Waals surface area contributed by atoms with Crippen molar-refractivity contribution in [3.63, 3.8) is 0 Å². The van der Waals surface area contributed by atoms with Crippen LogP contribution in [0.3, 0.4) is 0 Å². The molecule has 0 bridgehead atoms. The van der Waals surface area contributed by atoms with Crippen LogP contribution >= 0.6 is 11.8 Å². The minimum atomic E-state index is 0.485. The lowest BCUT2D eigenvalue weighted by atomic mass is 9.76. The van der Waals surface area contributed by atoms with E-state index in [1.165, 1.54) is 43.0 Å². The quantitative estimate of drug-likeness (QED) is 0.782. The molecule has 1 saturated carbocycles. The van der Waals surface area contributed by atoms with Gasteiger partial charge < -0.3 is 5.32 Å². The first-order valence-corrected chi connectivity index (χ1v) is 7.10. The standard InChI is InChI=1S/C12H22N2S/c1-10-8-15-11(14-10)13-9-12(2)6-4-3-5-7-12/h10H,3-9H2,1-2H3,(H,13,14). The average Bonchev–Trinajstić information content (AvgIpc) is 2.63. The van der Waals surface area contributed by atoms with Gasteiger partial charge in [0.2, 0.25) is 0 Å². The van der Waals surface area contributed by atoms with E-state index in [2.05, 4.69) is 19.2 Å². The van der Waals surface area contributed by atoms with Gasteiger partial charge in [0.05, 0.1) is 0 Å². The van der Waals surface area contributed by atoms with E-state index in [1.807, 2.05) is 11.8 Å². The molecular formula is C12H22N2S. The molecule has 1 N–H and O–H groups in total. The zero-order valence-corrected chi connectivity index (χ0v) is 10.7. The Morgan fingerprint density at radius 1 is 1.40 bits per heavy atom. The largest absolute Gasteiger partial charge is 0.362 e. The third kappa shape index (κ3) is 3.13. The minimum Gasteiger partial charge on any atom is -0.362 e. The predicted octanol–water partition coefficient (Wildman–Crippen LogP) is 3.04. The molecule has 2 rings (SSSR count). The molecule has 0 radical (unpaired) electrons. The summed E-state index contributed by atoms with van der Waals surface area (Å²) in [6.07, 6.45) is 6.96. The summed E-state index contributed by atoms with van der Waals surface area (Å²) in [5.41, 5.74) is 0.485. The summed E-state index contributed by atoms with van der Waals surface area (Å²) < 4.78 is 0. The fraction of sp³-hybridized carbons (Fsp3) is 0.917. The van der Waals surface area contributed by atoms with Crippen molar-refractivity contribution in [1.82, 2.24) is 5.32 Å². The van der Waals surface area contributed by atoms with Gasteiger partial charge >= 0.3 is 0 Å². The summed E-state index contributed by atoms with van der Waals surface area (Å²) >= 11 is 1.88. The molecule has 1 aliphatic carbocycles. The number of amidine groups is 1. The average molecular weight is 226 g/mol. The minimum absolute atomic E-state index is 0.485. The van der Waals surface area contributed by atoms with Crippen molar-refractivity contribution in [3.05, 3.63) is 0 Å². The van der Waals surface area contributed by atoms with E-state index in [4.69, 9.17) is 4.99 Å². The summed E-state index contributed by atoms with van der Waals surface area (Å²) in [5.74, 6) is 1.18. The predicted molar refractivity (Wildman–Crippen MR) is 68.5 cm³/mol. The molecule has 0 amide bonds. The Labute approximate surface area is 97.3 Å². The summed E-state index contributed by atoms with van der Waals surface area (Å²) in [4.78, 5) is 4.74. The van der Waals surface area contributed by atoms with Gasteiger partial charge in [0, 0.05) is 18.3 Å². The smallest absolute Gasteiger partial charge is 0.156 e. The number of nitrogens with zero attached hydrogens (tertiary/aromatic N) is 1. The number of hydrogen-bond donors (Lipinski definition) is 1. The van der Waals surface area contributed by atoms with Gasteiger partial charge in [-0.1, -0.05) is 37.9 Å². The van der Waals surface area contributed by atoms with E-state index < -0.39 is 0 Å². The van der Waals surface area contributed by atoms with Gasteiger partial charge in [-0.2, -0.15) is 0 Å². The molecular weight excluding hydrogens is 204 g/mol. The van der Waals surface area contributed by atoms with Crippen molar-refractivity contribution < 1.29 is 0 Å². The van der Waals surface area contributed by atoms with E-state index in [9.17, 15) is 0 Å². The van der Waals surface area contributed by atoms with Crippen LogP contribution < -0.4 is 5.32 Å². The van der Waals surface area contributed by atoms with Gasteiger partial charge in [-0.15, -0.1) is 0 Å². The van der Waals surface area contributed by atoms with Crippen molar-refractivity contribution in [1.29, 1.82) is 0 Å². The Morgan fingerprint density at radius 3 is 2.73 bits per heavy atom. The molecule has 0 spiro atoms. The summed E-state index contributed by atoms with van der Waals surface area (Å²) in [6.45, 7) is 5.65. The molecule has 3 heteroatoms. The number of aliphatic imine (C=N–C) groups is 1. The lowest BCUT2D eigenvalue weighted by molar-refractivity contribution is 0.227. The molecule has 2 nitrogen and oxygen atoms in total. The topological polar surface area (TPSA) is 24.4 Å². The van der Waals surface area contributed by atoms with Gasteiger partial charge in [-0.25, -0.2) is 0 Å². The first-order chi connectivity index (χ1) is 7.18. The molecule has 2 aliphatic rings. The van der Waals surface area contributed by atoms with Crippen molar-refractivity contribution in [2.75, 3.05) is 12.3 Å². The van der Waals surface area contributed by atoms with Crippen LogP contribution in [0.15, 0.2) is 4.99 Å². The lowest BCUT2D eigenvalue weighted by Gasteiger charge is -2.31. The van der Waals surface area contributed by atoms with Crippen LogP contribution in [0, 0.1) is 5.41 Å². The molecule has 0 aromatic heterocycles. The zero-order chi connectivity index (χ0) is 10.7. The lowest BCUT2D eigenvalue weighted by Crippen LogP contribution is -2.27. The van der Waals surface area contributed by atoms with Crippen LogP contribution in [0.2, 0.25) is 0 Å².